The quantitative estimate of drug-likeness (QED) is 0.468. The van der Waals surface area contributed by atoms with E-state index in [0.717, 1.165) is 28.8 Å². The fraction of sp³-hybridized carbons (Fsp3) is 0.259. The molecule has 1 aliphatic heterocycles. The SMILES string of the molecule is Cc1ccc([C@H]2Nc3ccc(S(=O)(=O)Nc4cc(C)ccc4C)cc3[C@H]3C=CC[C@H]32)cc1. The van der Waals surface area contributed by atoms with Gasteiger partial charge in [-0.05, 0) is 79.6 Å². The van der Waals surface area contributed by atoms with E-state index in [4.69, 9.17) is 0 Å². The minimum Gasteiger partial charge on any atom is -0.378 e. The second kappa shape index (κ2) is 7.82. The molecule has 0 saturated heterocycles. The highest BCUT2D eigenvalue weighted by molar-refractivity contribution is 7.92. The molecule has 1 heterocycles. The highest BCUT2D eigenvalue weighted by atomic mass is 32.2. The molecule has 4 nitrogen and oxygen atoms in total. The zero-order chi connectivity index (χ0) is 22.5. The molecule has 3 atom stereocenters. The Morgan fingerprint density at radius 1 is 0.906 bits per heavy atom. The van der Waals surface area contributed by atoms with Gasteiger partial charge in [-0.2, -0.15) is 0 Å². The fourth-order valence-corrected chi connectivity index (χ4v) is 6.05. The standard InChI is InChI=1S/C27H28N2O2S/c1-17-8-11-20(12-9-17)27-23-6-4-5-22(23)24-16-21(13-14-25(24)28-27)32(30,31)29-26-15-18(2)7-10-19(26)3/h4-5,7-16,22-23,27-29H,6H2,1-3H3/t22-,23+,27+/m0/s1. The Bertz CT molecular complexity index is 1310. The summed E-state index contributed by atoms with van der Waals surface area (Å²) in [5.74, 6) is 0.573. The van der Waals surface area contributed by atoms with E-state index in [-0.39, 0.29) is 12.0 Å². The Kier molecular flexibility index (Phi) is 5.09. The summed E-state index contributed by atoms with van der Waals surface area (Å²) in [6, 6.07) is 20.1. The van der Waals surface area contributed by atoms with Gasteiger partial charge in [0, 0.05) is 11.6 Å². The number of fused-ring (bicyclic) bond motifs is 3. The monoisotopic (exact) mass is 444 g/mol. The van der Waals surface area contributed by atoms with Crippen LogP contribution in [0.2, 0.25) is 0 Å². The Morgan fingerprint density at radius 2 is 1.66 bits per heavy atom. The van der Waals surface area contributed by atoms with Crippen molar-refractivity contribution in [1.82, 2.24) is 0 Å². The summed E-state index contributed by atoms with van der Waals surface area (Å²) in [4.78, 5) is 0.298. The number of aryl methyl sites for hydroxylation is 3. The summed E-state index contributed by atoms with van der Waals surface area (Å²) in [7, 11) is -3.69. The van der Waals surface area contributed by atoms with E-state index < -0.39 is 10.0 Å². The number of hydrogen-bond acceptors (Lipinski definition) is 3. The van der Waals surface area contributed by atoms with E-state index in [1.165, 1.54) is 11.1 Å². The number of hydrogen-bond donors (Lipinski definition) is 2. The van der Waals surface area contributed by atoms with Crippen molar-refractivity contribution in [1.29, 1.82) is 0 Å². The van der Waals surface area contributed by atoms with Gasteiger partial charge in [-0.1, -0.05) is 54.1 Å². The van der Waals surface area contributed by atoms with Crippen LogP contribution in [-0.4, -0.2) is 8.42 Å². The van der Waals surface area contributed by atoms with Crippen LogP contribution in [0.1, 0.15) is 46.2 Å². The third kappa shape index (κ3) is 3.71. The molecule has 0 spiro atoms. The lowest BCUT2D eigenvalue weighted by Gasteiger charge is -2.37. The number of rotatable bonds is 4. The Morgan fingerprint density at radius 3 is 2.44 bits per heavy atom. The van der Waals surface area contributed by atoms with Gasteiger partial charge in [0.05, 0.1) is 16.6 Å². The summed E-state index contributed by atoms with van der Waals surface area (Å²) < 4.78 is 29.2. The molecule has 0 amide bonds. The largest absolute Gasteiger partial charge is 0.378 e. The molecule has 0 aromatic heterocycles. The van der Waals surface area contributed by atoms with Crippen LogP contribution in [0.15, 0.2) is 77.7 Å². The van der Waals surface area contributed by atoms with Gasteiger partial charge >= 0.3 is 0 Å². The van der Waals surface area contributed by atoms with Crippen LogP contribution in [0, 0.1) is 26.7 Å². The molecule has 1 aliphatic carbocycles. The normalized spacial score (nSPS) is 21.5. The van der Waals surface area contributed by atoms with E-state index in [1.807, 2.05) is 44.2 Å². The number of anilines is 2. The van der Waals surface area contributed by atoms with Crippen LogP contribution in [-0.2, 0) is 10.0 Å². The number of sulfonamides is 1. The first kappa shape index (κ1) is 20.8. The van der Waals surface area contributed by atoms with Gasteiger partial charge < -0.3 is 5.32 Å². The van der Waals surface area contributed by atoms with Crippen LogP contribution in [0.25, 0.3) is 0 Å². The average Bonchev–Trinajstić information content (AvgIpc) is 3.26. The minimum atomic E-state index is -3.69. The van der Waals surface area contributed by atoms with E-state index in [1.54, 1.807) is 6.07 Å². The number of allylic oxidation sites excluding steroid dienone is 2. The first-order chi connectivity index (χ1) is 15.3. The van der Waals surface area contributed by atoms with Gasteiger partial charge in [0.1, 0.15) is 0 Å². The molecular formula is C27H28N2O2S. The van der Waals surface area contributed by atoms with Crippen molar-refractivity contribution in [3.63, 3.8) is 0 Å². The van der Waals surface area contributed by atoms with Gasteiger partial charge in [-0.25, -0.2) is 8.42 Å². The van der Waals surface area contributed by atoms with Crippen molar-refractivity contribution < 1.29 is 8.42 Å². The van der Waals surface area contributed by atoms with Gasteiger partial charge in [0.2, 0.25) is 0 Å². The maximum atomic E-state index is 13.2. The predicted molar refractivity (Wildman–Crippen MR) is 131 cm³/mol. The molecule has 5 heteroatoms. The molecule has 5 rings (SSSR count). The maximum absolute atomic E-state index is 13.2. The highest BCUT2D eigenvalue weighted by Gasteiger charge is 2.38. The molecular weight excluding hydrogens is 416 g/mol. The topological polar surface area (TPSA) is 58.2 Å². The van der Waals surface area contributed by atoms with Crippen LogP contribution < -0.4 is 10.0 Å². The van der Waals surface area contributed by atoms with Crippen molar-refractivity contribution in [3.05, 3.63) is 101 Å². The summed E-state index contributed by atoms with van der Waals surface area (Å²) >= 11 is 0. The summed E-state index contributed by atoms with van der Waals surface area (Å²) in [6.07, 6.45) is 5.44. The maximum Gasteiger partial charge on any atom is 0.261 e. The Labute approximate surface area is 190 Å². The third-order valence-corrected chi connectivity index (χ3v) is 8.08. The smallest absolute Gasteiger partial charge is 0.261 e. The lowest BCUT2D eigenvalue weighted by atomic mass is 9.77. The van der Waals surface area contributed by atoms with E-state index >= 15 is 0 Å². The highest BCUT2D eigenvalue weighted by Crippen LogP contribution is 2.50. The van der Waals surface area contributed by atoms with E-state index in [9.17, 15) is 8.42 Å². The molecule has 2 aliphatic rings. The molecule has 164 valence electrons. The second-order valence-electron chi connectivity index (χ2n) is 9.06. The molecule has 0 bridgehead atoms. The fourth-order valence-electron chi connectivity index (χ4n) is 4.89. The molecule has 32 heavy (non-hydrogen) atoms. The van der Waals surface area contributed by atoms with Crippen molar-refractivity contribution in [2.75, 3.05) is 10.0 Å². The lowest BCUT2D eigenvalue weighted by molar-refractivity contribution is 0.425. The van der Waals surface area contributed by atoms with Crippen LogP contribution in [0.4, 0.5) is 11.4 Å². The van der Waals surface area contributed by atoms with Crippen LogP contribution >= 0.6 is 0 Å². The van der Waals surface area contributed by atoms with Crippen molar-refractivity contribution in [2.24, 2.45) is 5.92 Å². The van der Waals surface area contributed by atoms with Crippen molar-refractivity contribution in [2.45, 2.75) is 44.0 Å². The number of benzene rings is 3. The summed E-state index contributed by atoms with van der Waals surface area (Å²) in [5, 5.41) is 3.69. The molecule has 3 aromatic rings. The zero-order valence-corrected chi connectivity index (χ0v) is 19.4. The first-order valence-electron chi connectivity index (χ1n) is 11.1. The third-order valence-electron chi connectivity index (χ3n) is 6.72. The molecule has 0 radical (unpaired) electrons. The van der Waals surface area contributed by atoms with Gasteiger partial charge in [-0.3, -0.25) is 4.72 Å². The molecule has 0 fully saturated rings. The predicted octanol–water partition coefficient (Wildman–Crippen LogP) is 6.24. The van der Waals surface area contributed by atoms with E-state index in [0.29, 0.717) is 16.5 Å². The summed E-state index contributed by atoms with van der Waals surface area (Å²) in [5.41, 5.74) is 7.12. The number of nitrogens with one attached hydrogen (secondary N) is 2. The Balaban J connectivity index is 1.49. The van der Waals surface area contributed by atoms with Gasteiger partial charge in [0.15, 0.2) is 0 Å². The van der Waals surface area contributed by atoms with Gasteiger partial charge in [-0.15, -0.1) is 0 Å². The second-order valence-corrected chi connectivity index (χ2v) is 10.7. The van der Waals surface area contributed by atoms with Gasteiger partial charge in [0.25, 0.3) is 10.0 Å². The molecule has 2 N–H and O–H groups in total. The van der Waals surface area contributed by atoms with Crippen LogP contribution in [0.5, 0.6) is 0 Å². The van der Waals surface area contributed by atoms with Crippen molar-refractivity contribution in [3.8, 4) is 0 Å². The lowest BCUT2D eigenvalue weighted by Crippen LogP contribution is -2.29. The molecule has 0 saturated carbocycles. The summed E-state index contributed by atoms with van der Waals surface area (Å²) in [6.45, 7) is 5.97. The zero-order valence-electron chi connectivity index (χ0n) is 18.6. The first-order valence-corrected chi connectivity index (χ1v) is 12.5. The molecule has 0 unspecified atom stereocenters. The Hall–Kier alpha value is -3.05. The average molecular weight is 445 g/mol. The van der Waals surface area contributed by atoms with E-state index in [2.05, 4.69) is 53.4 Å². The van der Waals surface area contributed by atoms with Crippen molar-refractivity contribution >= 4 is 21.4 Å². The van der Waals surface area contributed by atoms with Crippen LogP contribution in [0.3, 0.4) is 0 Å². The molecule has 3 aromatic carbocycles. The minimum absolute atomic E-state index is 0.202.